The molecule has 0 atom stereocenters. The maximum absolute atomic E-state index is 13.1. The van der Waals surface area contributed by atoms with E-state index < -0.39 is 25.1 Å². The van der Waals surface area contributed by atoms with Gasteiger partial charge < -0.3 is 0 Å². The highest BCUT2D eigenvalue weighted by Crippen LogP contribution is 2.38. The number of hydrogen-bond acceptors (Lipinski definition) is 4. The lowest BCUT2D eigenvalue weighted by atomic mass is 10.2. The van der Waals surface area contributed by atoms with Gasteiger partial charge in [0, 0.05) is 19.2 Å². The summed E-state index contributed by atoms with van der Waals surface area (Å²) in [6.07, 6.45) is -5.63. The molecular weight excluding hydrogens is 335 g/mol. The van der Waals surface area contributed by atoms with Crippen LogP contribution in [0.4, 0.5) is 22.0 Å². The molecule has 1 N–H and O–H groups in total. The van der Waals surface area contributed by atoms with Crippen molar-refractivity contribution in [1.82, 2.24) is 29.9 Å². The minimum absolute atomic E-state index is 0.194. The number of halogens is 5. The quantitative estimate of drug-likeness (QED) is 0.737. The first-order valence-corrected chi connectivity index (χ1v) is 6.84. The second kappa shape index (κ2) is 5.49. The molecule has 128 valence electrons. The first kappa shape index (κ1) is 16.3. The number of aromatic amines is 1. The normalized spacial score (nSPS) is 12.9. The Hall–Kier alpha value is -2.59. The minimum atomic E-state index is -5.60. The van der Waals surface area contributed by atoms with Crippen molar-refractivity contribution in [2.45, 2.75) is 32.0 Å². The number of aromatic nitrogens is 6. The van der Waals surface area contributed by atoms with E-state index in [0.29, 0.717) is 11.2 Å². The van der Waals surface area contributed by atoms with Crippen molar-refractivity contribution in [3.63, 3.8) is 0 Å². The van der Waals surface area contributed by atoms with Crippen molar-refractivity contribution in [2.75, 3.05) is 0 Å². The first-order valence-electron chi connectivity index (χ1n) is 6.84. The SMILES string of the molecule is Cc1n[nH]c(-c2nn(CCC(F)(F)C(F)(F)F)c3ncccc23)n1. The number of pyridine rings is 1. The van der Waals surface area contributed by atoms with Crippen LogP contribution in [0.1, 0.15) is 12.2 Å². The number of H-pyrrole nitrogens is 1. The summed E-state index contributed by atoms with van der Waals surface area (Å²) >= 11 is 0. The summed E-state index contributed by atoms with van der Waals surface area (Å²) in [7, 11) is 0. The fourth-order valence-electron chi connectivity index (χ4n) is 2.18. The topological polar surface area (TPSA) is 72.3 Å². The Morgan fingerprint density at radius 2 is 1.96 bits per heavy atom. The standard InChI is InChI=1S/C13H11F5N6/c1-7-20-10(22-21-7)9-8-3-2-5-19-11(8)24(23-9)6-4-12(14,15)13(16,17)18/h2-3,5H,4,6H2,1H3,(H,20,21,22). The van der Waals surface area contributed by atoms with Crippen LogP contribution in [0.5, 0.6) is 0 Å². The second-order valence-corrected chi connectivity index (χ2v) is 5.13. The van der Waals surface area contributed by atoms with Gasteiger partial charge in [-0.05, 0) is 19.1 Å². The molecule has 0 spiro atoms. The van der Waals surface area contributed by atoms with E-state index in [9.17, 15) is 22.0 Å². The second-order valence-electron chi connectivity index (χ2n) is 5.13. The molecule has 3 aromatic rings. The van der Waals surface area contributed by atoms with Crippen LogP contribution in [0.15, 0.2) is 18.3 Å². The molecule has 0 saturated heterocycles. The summed E-state index contributed by atoms with van der Waals surface area (Å²) in [5.41, 5.74) is 0.480. The van der Waals surface area contributed by atoms with Crippen LogP contribution in [0, 0.1) is 6.92 Å². The van der Waals surface area contributed by atoms with E-state index in [1.54, 1.807) is 19.1 Å². The largest absolute Gasteiger partial charge is 0.453 e. The summed E-state index contributed by atoms with van der Waals surface area (Å²) in [5, 5.41) is 11.0. The van der Waals surface area contributed by atoms with Gasteiger partial charge in [-0.25, -0.2) is 14.6 Å². The molecule has 0 bridgehead atoms. The van der Waals surface area contributed by atoms with Crippen molar-refractivity contribution < 1.29 is 22.0 Å². The Bertz CT molecular complexity index is 865. The van der Waals surface area contributed by atoms with E-state index in [4.69, 9.17) is 0 Å². The van der Waals surface area contributed by atoms with Gasteiger partial charge in [0.15, 0.2) is 11.5 Å². The third kappa shape index (κ3) is 2.81. The Balaban J connectivity index is 1.98. The zero-order chi connectivity index (χ0) is 17.5. The van der Waals surface area contributed by atoms with Gasteiger partial charge in [-0.2, -0.15) is 32.1 Å². The van der Waals surface area contributed by atoms with Gasteiger partial charge in [-0.3, -0.25) is 5.10 Å². The van der Waals surface area contributed by atoms with Crippen LogP contribution in [0.2, 0.25) is 0 Å². The highest BCUT2D eigenvalue weighted by Gasteiger charge is 2.56. The van der Waals surface area contributed by atoms with Crippen molar-refractivity contribution in [1.29, 1.82) is 0 Å². The number of nitrogens with zero attached hydrogens (tertiary/aromatic N) is 5. The van der Waals surface area contributed by atoms with Crippen LogP contribution >= 0.6 is 0 Å². The third-order valence-electron chi connectivity index (χ3n) is 3.38. The Kier molecular flexibility index (Phi) is 3.73. The maximum atomic E-state index is 13.1. The number of nitrogens with one attached hydrogen (secondary N) is 1. The molecule has 3 heterocycles. The van der Waals surface area contributed by atoms with Gasteiger partial charge in [0.05, 0.1) is 5.39 Å². The molecule has 0 aliphatic heterocycles. The predicted molar refractivity (Wildman–Crippen MR) is 73.3 cm³/mol. The lowest BCUT2D eigenvalue weighted by Gasteiger charge is -2.19. The molecule has 0 fully saturated rings. The van der Waals surface area contributed by atoms with Crippen LogP contribution in [-0.2, 0) is 6.54 Å². The molecule has 11 heteroatoms. The van der Waals surface area contributed by atoms with Gasteiger partial charge in [-0.15, -0.1) is 0 Å². The molecular formula is C13H11F5N6. The van der Waals surface area contributed by atoms with Crippen LogP contribution in [-0.4, -0.2) is 42.0 Å². The molecule has 0 aliphatic carbocycles. The zero-order valence-corrected chi connectivity index (χ0v) is 12.3. The lowest BCUT2D eigenvalue weighted by molar-refractivity contribution is -0.285. The van der Waals surface area contributed by atoms with Gasteiger partial charge in [0.2, 0.25) is 0 Å². The number of hydrogen-bond donors (Lipinski definition) is 1. The molecule has 0 aromatic carbocycles. The fraction of sp³-hybridized carbons (Fsp3) is 0.385. The number of alkyl halides is 5. The molecule has 0 unspecified atom stereocenters. The van der Waals surface area contributed by atoms with E-state index in [0.717, 1.165) is 4.68 Å². The van der Waals surface area contributed by atoms with E-state index in [-0.39, 0.29) is 17.2 Å². The lowest BCUT2D eigenvalue weighted by Crippen LogP contribution is -2.37. The van der Waals surface area contributed by atoms with Crippen LogP contribution < -0.4 is 0 Å². The molecule has 0 saturated carbocycles. The van der Waals surface area contributed by atoms with Crippen molar-refractivity contribution in [3.8, 4) is 11.5 Å². The average molecular weight is 346 g/mol. The van der Waals surface area contributed by atoms with Crippen molar-refractivity contribution >= 4 is 11.0 Å². The highest BCUT2D eigenvalue weighted by atomic mass is 19.4. The maximum Gasteiger partial charge on any atom is 0.453 e. The predicted octanol–water partition coefficient (Wildman–Crippen LogP) is 3.11. The zero-order valence-electron chi connectivity index (χ0n) is 12.3. The van der Waals surface area contributed by atoms with E-state index in [1.165, 1.54) is 6.20 Å². The Morgan fingerprint density at radius 1 is 1.21 bits per heavy atom. The molecule has 24 heavy (non-hydrogen) atoms. The fourth-order valence-corrected chi connectivity index (χ4v) is 2.18. The van der Waals surface area contributed by atoms with Crippen LogP contribution in [0.25, 0.3) is 22.6 Å². The van der Waals surface area contributed by atoms with Gasteiger partial charge >= 0.3 is 12.1 Å². The summed E-state index contributed by atoms with van der Waals surface area (Å²) < 4.78 is 64.2. The minimum Gasteiger partial charge on any atom is -0.258 e. The summed E-state index contributed by atoms with van der Waals surface area (Å²) in [6, 6.07) is 3.23. The summed E-state index contributed by atoms with van der Waals surface area (Å²) in [4.78, 5) is 8.10. The monoisotopic (exact) mass is 346 g/mol. The number of fused-ring (bicyclic) bond motifs is 1. The third-order valence-corrected chi connectivity index (χ3v) is 3.38. The number of rotatable bonds is 4. The van der Waals surface area contributed by atoms with E-state index in [1.807, 2.05) is 0 Å². The van der Waals surface area contributed by atoms with Crippen molar-refractivity contribution in [3.05, 3.63) is 24.2 Å². The molecule has 3 rings (SSSR count). The van der Waals surface area contributed by atoms with Crippen molar-refractivity contribution in [2.24, 2.45) is 0 Å². The van der Waals surface area contributed by atoms with Gasteiger partial charge in [-0.1, -0.05) is 0 Å². The Morgan fingerprint density at radius 3 is 2.58 bits per heavy atom. The van der Waals surface area contributed by atoms with E-state index in [2.05, 4.69) is 25.3 Å². The molecule has 6 nitrogen and oxygen atoms in total. The average Bonchev–Trinajstić information content (AvgIpc) is 3.08. The first-order chi connectivity index (χ1) is 11.2. The Labute approximate surface area is 131 Å². The summed E-state index contributed by atoms with van der Waals surface area (Å²) in [5.74, 6) is -4.07. The molecule has 0 radical (unpaired) electrons. The molecule has 0 amide bonds. The highest BCUT2D eigenvalue weighted by molar-refractivity contribution is 5.88. The van der Waals surface area contributed by atoms with Crippen LogP contribution in [0.3, 0.4) is 0 Å². The summed E-state index contributed by atoms with van der Waals surface area (Å²) in [6.45, 7) is 0.995. The smallest absolute Gasteiger partial charge is 0.258 e. The van der Waals surface area contributed by atoms with Gasteiger partial charge in [0.25, 0.3) is 0 Å². The van der Waals surface area contributed by atoms with Gasteiger partial charge in [0.1, 0.15) is 11.5 Å². The van der Waals surface area contributed by atoms with E-state index >= 15 is 0 Å². The number of aryl methyl sites for hydroxylation is 2. The molecule has 3 aromatic heterocycles. The molecule has 0 aliphatic rings.